The molecule has 7 nitrogen and oxygen atoms in total. The summed E-state index contributed by atoms with van der Waals surface area (Å²) in [6, 6.07) is 9.66. The largest absolute Gasteiger partial charge is 0.477 e. The standard InChI is InChI=1S/C16H17N3O4/c1-3-22-14-10-9-13(18-19-14)15(20)17-12-8-6-5-7-11(12)16(21)23-4-2/h5-10H,3-4H2,1-2H3,(H,17,20). The third-order valence-electron chi connectivity index (χ3n) is 2.84. The molecule has 0 aliphatic heterocycles. The van der Waals surface area contributed by atoms with E-state index in [-0.39, 0.29) is 17.9 Å². The minimum atomic E-state index is -0.499. The number of ether oxygens (including phenoxy) is 2. The summed E-state index contributed by atoms with van der Waals surface area (Å²) in [5.41, 5.74) is 0.750. The number of aromatic nitrogens is 2. The Morgan fingerprint density at radius 2 is 1.83 bits per heavy atom. The second-order valence-corrected chi connectivity index (χ2v) is 4.41. The van der Waals surface area contributed by atoms with Crippen molar-refractivity contribution in [3.8, 4) is 5.88 Å². The number of rotatable bonds is 6. The molecule has 1 N–H and O–H groups in total. The molecular formula is C16H17N3O4. The first kappa shape index (κ1) is 16.4. The molecule has 0 saturated carbocycles. The van der Waals surface area contributed by atoms with Crippen molar-refractivity contribution in [2.45, 2.75) is 13.8 Å². The number of amides is 1. The van der Waals surface area contributed by atoms with Crippen LogP contribution in [0.2, 0.25) is 0 Å². The van der Waals surface area contributed by atoms with Crippen molar-refractivity contribution in [3.05, 3.63) is 47.7 Å². The first-order chi connectivity index (χ1) is 11.2. The molecular weight excluding hydrogens is 298 g/mol. The number of carbonyl (C=O) groups is 2. The Bertz CT molecular complexity index is 686. The Morgan fingerprint density at radius 1 is 1.04 bits per heavy atom. The summed E-state index contributed by atoms with van der Waals surface area (Å²) in [5, 5.41) is 10.2. The topological polar surface area (TPSA) is 90.4 Å². The van der Waals surface area contributed by atoms with Crippen LogP contribution in [0.1, 0.15) is 34.7 Å². The molecule has 0 bridgehead atoms. The highest BCUT2D eigenvalue weighted by Crippen LogP contribution is 2.17. The van der Waals surface area contributed by atoms with Crippen LogP contribution in [-0.4, -0.2) is 35.3 Å². The van der Waals surface area contributed by atoms with Crippen molar-refractivity contribution in [1.29, 1.82) is 0 Å². The Labute approximate surface area is 133 Å². The number of carbonyl (C=O) groups excluding carboxylic acids is 2. The van der Waals surface area contributed by atoms with Gasteiger partial charge in [0.25, 0.3) is 5.91 Å². The van der Waals surface area contributed by atoms with Gasteiger partial charge in [-0.05, 0) is 32.0 Å². The van der Waals surface area contributed by atoms with Gasteiger partial charge < -0.3 is 14.8 Å². The maximum absolute atomic E-state index is 12.2. The molecule has 0 unspecified atom stereocenters. The number of benzene rings is 1. The molecule has 0 aliphatic rings. The third kappa shape index (κ3) is 4.26. The molecule has 1 aromatic heterocycles. The van der Waals surface area contributed by atoms with Gasteiger partial charge in [-0.3, -0.25) is 4.79 Å². The smallest absolute Gasteiger partial charge is 0.340 e. The van der Waals surface area contributed by atoms with Crippen LogP contribution in [-0.2, 0) is 4.74 Å². The second-order valence-electron chi connectivity index (χ2n) is 4.41. The summed E-state index contributed by atoms with van der Waals surface area (Å²) in [6.07, 6.45) is 0. The molecule has 0 atom stereocenters. The number of hydrogen-bond donors (Lipinski definition) is 1. The summed E-state index contributed by atoms with van der Waals surface area (Å²) < 4.78 is 10.1. The van der Waals surface area contributed by atoms with E-state index < -0.39 is 11.9 Å². The lowest BCUT2D eigenvalue weighted by atomic mass is 10.1. The average Bonchev–Trinajstić information content (AvgIpc) is 2.56. The number of nitrogens with one attached hydrogen (secondary N) is 1. The van der Waals surface area contributed by atoms with Gasteiger partial charge in [-0.1, -0.05) is 12.1 Å². The fourth-order valence-corrected chi connectivity index (χ4v) is 1.83. The van der Waals surface area contributed by atoms with Gasteiger partial charge in [-0.2, -0.15) is 0 Å². The van der Waals surface area contributed by atoms with Crippen LogP contribution in [0.15, 0.2) is 36.4 Å². The molecule has 1 amide bonds. The predicted molar refractivity (Wildman–Crippen MR) is 83.6 cm³/mol. The highest BCUT2D eigenvalue weighted by Gasteiger charge is 2.15. The quantitative estimate of drug-likeness (QED) is 0.823. The van der Waals surface area contributed by atoms with Gasteiger partial charge in [-0.15, -0.1) is 10.2 Å². The van der Waals surface area contributed by atoms with Crippen molar-refractivity contribution >= 4 is 17.6 Å². The van der Waals surface area contributed by atoms with Crippen LogP contribution in [0.4, 0.5) is 5.69 Å². The molecule has 0 fully saturated rings. The highest BCUT2D eigenvalue weighted by atomic mass is 16.5. The number of anilines is 1. The van der Waals surface area contributed by atoms with E-state index >= 15 is 0 Å². The maximum atomic E-state index is 12.2. The second kappa shape index (κ2) is 7.88. The first-order valence-electron chi connectivity index (χ1n) is 7.19. The van der Waals surface area contributed by atoms with Crippen LogP contribution in [0.3, 0.4) is 0 Å². The summed E-state index contributed by atoms with van der Waals surface area (Å²) >= 11 is 0. The van der Waals surface area contributed by atoms with E-state index in [1.54, 1.807) is 37.3 Å². The van der Waals surface area contributed by atoms with Crippen molar-refractivity contribution in [2.75, 3.05) is 18.5 Å². The molecule has 0 spiro atoms. The molecule has 23 heavy (non-hydrogen) atoms. The van der Waals surface area contributed by atoms with E-state index in [1.807, 2.05) is 6.92 Å². The molecule has 1 heterocycles. The van der Waals surface area contributed by atoms with E-state index in [4.69, 9.17) is 9.47 Å². The van der Waals surface area contributed by atoms with E-state index in [1.165, 1.54) is 6.07 Å². The zero-order valence-electron chi connectivity index (χ0n) is 12.9. The third-order valence-corrected chi connectivity index (χ3v) is 2.84. The fourth-order valence-electron chi connectivity index (χ4n) is 1.83. The SMILES string of the molecule is CCOC(=O)c1ccccc1NC(=O)c1ccc(OCC)nn1. The Morgan fingerprint density at radius 3 is 2.48 bits per heavy atom. The van der Waals surface area contributed by atoms with E-state index in [2.05, 4.69) is 15.5 Å². The number of nitrogens with zero attached hydrogens (tertiary/aromatic N) is 2. The first-order valence-corrected chi connectivity index (χ1v) is 7.19. The van der Waals surface area contributed by atoms with Crippen LogP contribution < -0.4 is 10.1 Å². The Balaban J connectivity index is 2.15. The number of esters is 1. The lowest BCUT2D eigenvalue weighted by molar-refractivity contribution is 0.0527. The van der Waals surface area contributed by atoms with Crippen LogP contribution in [0.25, 0.3) is 0 Å². The van der Waals surface area contributed by atoms with Gasteiger partial charge in [0.05, 0.1) is 24.5 Å². The van der Waals surface area contributed by atoms with Crippen LogP contribution >= 0.6 is 0 Å². The van der Waals surface area contributed by atoms with Crippen molar-refractivity contribution in [1.82, 2.24) is 10.2 Å². The molecule has 2 rings (SSSR count). The molecule has 0 saturated heterocycles. The zero-order chi connectivity index (χ0) is 16.7. The van der Waals surface area contributed by atoms with Gasteiger partial charge in [0.1, 0.15) is 0 Å². The van der Waals surface area contributed by atoms with E-state index in [0.29, 0.717) is 18.2 Å². The predicted octanol–water partition coefficient (Wildman–Crippen LogP) is 2.30. The van der Waals surface area contributed by atoms with Gasteiger partial charge in [-0.25, -0.2) is 4.79 Å². The van der Waals surface area contributed by atoms with Crippen LogP contribution in [0.5, 0.6) is 5.88 Å². The summed E-state index contributed by atoms with van der Waals surface area (Å²) in [4.78, 5) is 24.1. The van der Waals surface area contributed by atoms with Gasteiger partial charge >= 0.3 is 5.97 Å². The maximum Gasteiger partial charge on any atom is 0.340 e. The van der Waals surface area contributed by atoms with Gasteiger partial charge in [0.2, 0.25) is 5.88 Å². The minimum absolute atomic E-state index is 0.118. The molecule has 0 radical (unpaired) electrons. The van der Waals surface area contributed by atoms with E-state index in [9.17, 15) is 9.59 Å². The number of para-hydroxylation sites is 1. The molecule has 7 heteroatoms. The fraction of sp³-hybridized carbons (Fsp3) is 0.250. The Hall–Kier alpha value is -2.96. The number of hydrogen-bond acceptors (Lipinski definition) is 6. The normalized spacial score (nSPS) is 10.0. The monoisotopic (exact) mass is 315 g/mol. The summed E-state index contributed by atoms with van der Waals surface area (Å²) in [6.45, 7) is 4.27. The minimum Gasteiger partial charge on any atom is -0.477 e. The van der Waals surface area contributed by atoms with Gasteiger partial charge in [0, 0.05) is 6.07 Å². The highest BCUT2D eigenvalue weighted by molar-refractivity contribution is 6.07. The zero-order valence-corrected chi connectivity index (χ0v) is 12.9. The lowest BCUT2D eigenvalue weighted by Crippen LogP contribution is -2.17. The van der Waals surface area contributed by atoms with Crippen LogP contribution in [0, 0.1) is 0 Å². The summed E-state index contributed by atoms with van der Waals surface area (Å²) in [7, 11) is 0. The molecule has 2 aromatic rings. The molecule has 120 valence electrons. The molecule has 1 aromatic carbocycles. The lowest BCUT2D eigenvalue weighted by Gasteiger charge is -2.10. The summed E-state index contributed by atoms with van der Waals surface area (Å²) in [5.74, 6) is -0.630. The van der Waals surface area contributed by atoms with Crippen molar-refractivity contribution in [2.24, 2.45) is 0 Å². The molecule has 0 aliphatic carbocycles. The average molecular weight is 315 g/mol. The van der Waals surface area contributed by atoms with Gasteiger partial charge in [0.15, 0.2) is 5.69 Å². The van der Waals surface area contributed by atoms with E-state index in [0.717, 1.165) is 0 Å². The van der Waals surface area contributed by atoms with Crippen molar-refractivity contribution in [3.63, 3.8) is 0 Å². The Kier molecular flexibility index (Phi) is 5.62. The van der Waals surface area contributed by atoms with Crippen molar-refractivity contribution < 1.29 is 19.1 Å².